The predicted octanol–water partition coefficient (Wildman–Crippen LogP) is 2.24. The molecule has 2 rings (SSSR count). The van der Waals surface area contributed by atoms with Crippen LogP contribution in [0.4, 0.5) is 0 Å². The topological polar surface area (TPSA) is 76.6 Å². The molecule has 0 saturated carbocycles. The number of hydrogen-bond acceptors (Lipinski definition) is 5. The molecule has 6 heteroatoms. The summed E-state index contributed by atoms with van der Waals surface area (Å²) < 4.78 is 11.8. The molecule has 23 heavy (non-hydrogen) atoms. The summed E-state index contributed by atoms with van der Waals surface area (Å²) in [4.78, 5) is 12.3. The molecule has 1 aromatic heterocycles. The van der Waals surface area contributed by atoms with Crippen LogP contribution in [-0.2, 0) is 0 Å². The molecule has 1 aromatic carbocycles. The fourth-order valence-corrected chi connectivity index (χ4v) is 2.29. The van der Waals surface area contributed by atoms with Gasteiger partial charge in [0.05, 0.1) is 20.4 Å². The predicted molar refractivity (Wildman–Crippen MR) is 87.4 cm³/mol. The number of nitrogens with zero attached hydrogens (tertiary/aromatic N) is 3. The molecule has 0 N–H and O–H groups in total. The number of ether oxygens (including phenoxy) is 2. The van der Waals surface area contributed by atoms with Gasteiger partial charge in [-0.25, -0.2) is 4.68 Å². The molecular formula is C17H17N3O3. The van der Waals surface area contributed by atoms with Crippen LogP contribution in [0.1, 0.15) is 22.4 Å². The number of rotatable bonds is 4. The van der Waals surface area contributed by atoms with Crippen LogP contribution in [0.3, 0.4) is 0 Å². The van der Waals surface area contributed by atoms with Gasteiger partial charge in [-0.15, -0.1) is 0 Å². The fourth-order valence-electron chi connectivity index (χ4n) is 2.29. The van der Waals surface area contributed by atoms with Gasteiger partial charge in [-0.05, 0) is 37.6 Å². The average Bonchev–Trinajstić information content (AvgIpc) is 2.54. The first-order chi connectivity index (χ1) is 11.0. The average molecular weight is 311 g/mol. The normalized spacial score (nSPS) is 10.6. The molecule has 0 bridgehead atoms. The van der Waals surface area contributed by atoms with E-state index in [0.29, 0.717) is 28.3 Å². The Morgan fingerprint density at radius 1 is 1.26 bits per heavy atom. The van der Waals surface area contributed by atoms with Crippen LogP contribution in [0.2, 0.25) is 0 Å². The van der Waals surface area contributed by atoms with Crippen molar-refractivity contribution in [1.82, 2.24) is 4.68 Å². The molecule has 6 nitrogen and oxygen atoms in total. The zero-order valence-corrected chi connectivity index (χ0v) is 13.5. The van der Waals surface area contributed by atoms with Crippen molar-refractivity contribution in [3.63, 3.8) is 0 Å². The minimum Gasteiger partial charge on any atom is -0.493 e. The van der Waals surface area contributed by atoms with Gasteiger partial charge >= 0.3 is 0 Å². The number of nitriles is 1. The third-order valence-electron chi connectivity index (χ3n) is 3.42. The van der Waals surface area contributed by atoms with Crippen molar-refractivity contribution in [2.45, 2.75) is 13.8 Å². The molecule has 0 aliphatic carbocycles. The van der Waals surface area contributed by atoms with E-state index >= 15 is 0 Å². The first kappa shape index (κ1) is 16.3. The zero-order valence-electron chi connectivity index (χ0n) is 13.5. The quantitative estimate of drug-likeness (QED) is 0.811. The summed E-state index contributed by atoms with van der Waals surface area (Å²) in [5.41, 5.74) is 1.59. The van der Waals surface area contributed by atoms with Gasteiger partial charge in [0.25, 0.3) is 5.56 Å². The first-order valence-corrected chi connectivity index (χ1v) is 6.92. The van der Waals surface area contributed by atoms with Crippen LogP contribution in [0.15, 0.2) is 34.2 Å². The van der Waals surface area contributed by atoms with Gasteiger partial charge in [-0.3, -0.25) is 4.79 Å². The fraction of sp³-hybridized carbons (Fsp3) is 0.235. The summed E-state index contributed by atoms with van der Waals surface area (Å²) >= 11 is 0. The lowest BCUT2D eigenvalue weighted by atomic mass is 10.1. The monoisotopic (exact) mass is 311 g/mol. The summed E-state index contributed by atoms with van der Waals surface area (Å²) in [6.45, 7) is 3.49. The van der Waals surface area contributed by atoms with Crippen molar-refractivity contribution in [1.29, 1.82) is 5.26 Å². The molecule has 0 aliphatic rings. The van der Waals surface area contributed by atoms with Crippen LogP contribution in [-0.4, -0.2) is 25.1 Å². The standard InChI is InChI=1S/C17H17N3O3/c1-11-8-12(2)20(17(21)14(11)9-18)19-10-13-6-5-7-15(22-3)16(13)23-4/h5-8,10H,1-4H3. The van der Waals surface area contributed by atoms with E-state index < -0.39 is 5.56 Å². The van der Waals surface area contributed by atoms with Gasteiger partial charge in [0, 0.05) is 11.3 Å². The van der Waals surface area contributed by atoms with E-state index in [9.17, 15) is 4.79 Å². The molecule has 0 amide bonds. The van der Waals surface area contributed by atoms with Crippen molar-refractivity contribution >= 4 is 6.21 Å². The lowest BCUT2D eigenvalue weighted by molar-refractivity contribution is 0.354. The Balaban J connectivity index is 2.55. The van der Waals surface area contributed by atoms with E-state index in [0.717, 1.165) is 0 Å². The molecule has 0 aliphatic heterocycles. The van der Waals surface area contributed by atoms with Gasteiger partial charge in [0.1, 0.15) is 11.6 Å². The largest absolute Gasteiger partial charge is 0.493 e. The van der Waals surface area contributed by atoms with Crippen molar-refractivity contribution < 1.29 is 9.47 Å². The van der Waals surface area contributed by atoms with E-state index in [2.05, 4.69) is 5.10 Å². The number of para-hydroxylation sites is 1. The smallest absolute Gasteiger partial charge is 0.289 e. The Morgan fingerprint density at radius 2 is 2.00 bits per heavy atom. The van der Waals surface area contributed by atoms with Gasteiger partial charge in [-0.2, -0.15) is 10.4 Å². The second-order valence-electron chi connectivity index (χ2n) is 4.90. The summed E-state index contributed by atoms with van der Waals surface area (Å²) in [7, 11) is 3.08. The molecule has 1 heterocycles. The highest BCUT2D eigenvalue weighted by Crippen LogP contribution is 2.29. The van der Waals surface area contributed by atoms with Gasteiger partial charge in [0.15, 0.2) is 11.5 Å². The minimum atomic E-state index is -0.442. The number of benzene rings is 1. The third-order valence-corrected chi connectivity index (χ3v) is 3.42. The number of pyridine rings is 1. The van der Waals surface area contributed by atoms with Gasteiger partial charge in [-0.1, -0.05) is 6.07 Å². The SMILES string of the molecule is COc1cccc(C=Nn2c(C)cc(C)c(C#N)c2=O)c1OC. The molecule has 0 spiro atoms. The summed E-state index contributed by atoms with van der Waals surface area (Å²) in [6.07, 6.45) is 1.51. The van der Waals surface area contributed by atoms with Crippen LogP contribution >= 0.6 is 0 Å². The van der Waals surface area contributed by atoms with E-state index in [1.54, 1.807) is 45.2 Å². The second kappa shape index (κ2) is 6.79. The number of aromatic nitrogens is 1. The summed E-state index contributed by atoms with van der Waals surface area (Å²) in [6, 6.07) is 9.04. The highest BCUT2D eigenvalue weighted by atomic mass is 16.5. The zero-order chi connectivity index (χ0) is 17.0. The van der Waals surface area contributed by atoms with Crippen molar-refractivity contribution in [2.75, 3.05) is 14.2 Å². The maximum atomic E-state index is 12.3. The second-order valence-corrected chi connectivity index (χ2v) is 4.90. The molecular weight excluding hydrogens is 294 g/mol. The highest BCUT2D eigenvalue weighted by molar-refractivity contribution is 5.85. The Bertz CT molecular complexity index is 861. The van der Waals surface area contributed by atoms with Gasteiger partial charge in [0.2, 0.25) is 0 Å². The Labute approximate surface area is 134 Å². The minimum absolute atomic E-state index is 0.0883. The molecule has 0 radical (unpaired) electrons. The lowest BCUT2D eigenvalue weighted by Gasteiger charge is -2.10. The molecule has 0 fully saturated rings. The lowest BCUT2D eigenvalue weighted by Crippen LogP contribution is -2.22. The van der Waals surface area contributed by atoms with Gasteiger partial charge < -0.3 is 9.47 Å². The van der Waals surface area contributed by atoms with E-state index in [1.165, 1.54) is 18.0 Å². The molecule has 0 atom stereocenters. The molecule has 118 valence electrons. The van der Waals surface area contributed by atoms with Crippen molar-refractivity contribution in [2.24, 2.45) is 5.10 Å². The number of hydrogen-bond donors (Lipinski definition) is 0. The Hall–Kier alpha value is -3.07. The van der Waals surface area contributed by atoms with Crippen LogP contribution < -0.4 is 15.0 Å². The van der Waals surface area contributed by atoms with Crippen molar-refractivity contribution in [3.05, 3.63) is 57.0 Å². The maximum absolute atomic E-state index is 12.3. The van der Waals surface area contributed by atoms with E-state index in [1.807, 2.05) is 6.07 Å². The number of aryl methyl sites for hydroxylation is 2. The van der Waals surface area contributed by atoms with E-state index in [4.69, 9.17) is 14.7 Å². The van der Waals surface area contributed by atoms with Crippen molar-refractivity contribution in [3.8, 4) is 17.6 Å². The summed E-state index contributed by atoms with van der Waals surface area (Å²) in [5.74, 6) is 1.10. The molecule has 2 aromatic rings. The third kappa shape index (κ3) is 3.09. The Morgan fingerprint density at radius 3 is 2.61 bits per heavy atom. The van der Waals surface area contributed by atoms with Crippen LogP contribution in [0, 0.1) is 25.2 Å². The highest BCUT2D eigenvalue weighted by Gasteiger charge is 2.10. The Kier molecular flexibility index (Phi) is 4.82. The maximum Gasteiger partial charge on any atom is 0.289 e. The summed E-state index contributed by atoms with van der Waals surface area (Å²) in [5, 5.41) is 13.3. The first-order valence-electron chi connectivity index (χ1n) is 6.92. The number of methoxy groups -OCH3 is 2. The molecule has 0 unspecified atom stereocenters. The van der Waals surface area contributed by atoms with Crippen LogP contribution in [0.25, 0.3) is 0 Å². The molecule has 0 saturated heterocycles. The van der Waals surface area contributed by atoms with E-state index in [-0.39, 0.29) is 5.56 Å². The van der Waals surface area contributed by atoms with Crippen LogP contribution in [0.5, 0.6) is 11.5 Å².